The number of carbonyl (C=O) groups is 1. The van der Waals surface area contributed by atoms with Gasteiger partial charge in [-0.3, -0.25) is 0 Å². The van der Waals surface area contributed by atoms with Crippen LogP contribution in [0.25, 0.3) is 0 Å². The monoisotopic (exact) mass is 328 g/mol. The molecule has 1 unspecified atom stereocenters. The third kappa shape index (κ3) is 4.94. The molecule has 0 aliphatic heterocycles. The van der Waals surface area contributed by atoms with Crippen molar-refractivity contribution < 1.29 is 9.53 Å². The minimum absolute atomic E-state index is 0.000232. The number of nitrogens with zero attached hydrogens (tertiary/aromatic N) is 2. The van der Waals surface area contributed by atoms with E-state index in [9.17, 15) is 4.79 Å². The summed E-state index contributed by atoms with van der Waals surface area (Å²) >= 11 is 0. The van der Waals surface area contributed by atoms with Crippen LogP contribution in [0, 0.1) is 12.3 Å². The number of hydrogen-bond donors (Lipinski definition) is 2. The summed E-state index contributed by atoms with van der Waals surface area (Å²) in [4.78, 5) is 20.2. The average molecular weight is 328 g/mol. The molecule has 128 valence electrons. The topological polar surface area (TPSA) is 76.1 Å². The fourth-order valence-electron chi connectivity index (χ4n) is 1.85. The van der Waals surface area contributed by atoms with Crippen molar-refractivity contribution in [1.29, 1.82) is 0 Å². The number of aryl methyl sites for hydroxylation is 1. The highest BCUT2D eigenvalue weighted by Crippen LogP contribution is 2.24. The second-order valence-corrected chi connectivity index (χ2v) is 6.80. The van der Waals surface area contributed by atoms with Gasteiger partial charge >= 0.3 is 12.0 Å². The van der Waals surface area contributed by atoms with Crippen molar-refractivity contribution in [2.45, 2.75) is 40.7 Å². The maximum atomic E-state index is 12.1. The van der Waals surface area contributed by atoms with Crippen LogP contribution in [0.15, 0.2) is 36.7 Å². The molecule has 1 aromatic heterocycles. The number of benzene rings is 1. The third-order valence-electron chi connectivity index (χ3n) is 3.84. The van der Waals surface area contributed by atoms with Crippen molar-refractivity contribution in [3.63, 3.8) is 0 Å². The fraction of sp³-hybridized carbons (Fsp3) is 0.389. The first kappa shape index (κ1) is 17.7. The molecule has 1 heterocycles. The van der Waals surface area contributed by atoms with Crippen molar-refractivity contribution in [3.05, 3.63) is 42.2 Å². The molecule has 2 rings (SSSR count). The molecule has 2 amide bonds. The van der Waals surface area contributed by atoms with Crippen LogP contribution < -0.4 is 15.4 Å². The highest BCUT2D eigenvalue weighted by Gasteiger charge is 2.21. The zero-order chi connectivity index (χ0) is 17.7. The van der Waals surface area contributed by atoms with Crippen molar-refractivity contribution >= 4 is 11.7 Å². The van der Waals surface area contributed by atoms with Crippen LogP contribution in [0.4, 0.5) is 10.5 Å². The molecule has 0 radical (unpaired) electrons. The molecule has 1 atom stereocenters. The molecule has 6 heteroatoms. The Morgan fingerprint density at radius 3 is 2.46 bits per heavy atom. The smallest absolute Gasteiger partial charge is 0.321 e. The number of anilines is 1. The van der Waals surface area contributed by atoms with Crippen LogP contribution in [0.2, 0.25) is 0 Å². The summed E-state index contributed by atoms with van der Waals surface area (Å²) in [5.74, 6) is 0.618. The van der Waals surface area contributed by atoms with E-state index in [1.54, 1.807) is 30.6 Å². The van der Waals surface area contributed by atoms with E-state index in [1.807, 2.05) is 19.9 Å². The maximum absolute atomic E-state index is 12.1. The zero-order valence-electron chi connectivity index (χ0n) is 14.8. The molecule has 0 saturated heterocycles. The molecule has 0 spiro atoms. The first-order valence-corrected chi connectivity index (χ1v) is 7.89. The summed E-state index contributed by atoms with van der Waals surface area (Å²) in [6.45, 7) is 10.1. The zero-order valence-corrected chi connectivity index (χ0v) is 14.8. The molecule has 6 nitrogen and oxygen atoms in total. The average Bonchev–Trinajstić information content (AvgIpc) is 2.50. The SMILES string of the molecule is Cc1cc(Oc2ncccn2)ccc1NC(=O)NC(C)C(C)(C)C. The summed E-state index contributed by atoms with van der Waals surface area (Å²) < 4.78 is 5.58. The number of aromatic nitrogens is 2. The number of urea groups is 1. The maximum Gasteiger partial charge on any atom is 0.321 e. The molecule has 2 aromatic rings. The van der Waals surface area contributed by atoms with Crippen molar-refractivity contribution in [2.24, 2.45) is 5.41 Å². The molecular weight excluding hydrogens is 304 g/mol. The number of nitrogens with one attached hydrogen (secondary N) is 2. The number of hydrogen-bond acceptors (Lipinski definition) is 4. The van der Waals surface area contributed by atoms with E-state index >= 15 is 0 Å². The van der Waals surface area contributed by atoms with Crippen molar-refractivity contribution in [3.8, 4) is 11.8 Å². The Bertz CT molecular complexity index is 696. The van der Waals surface area contributed by atoms with E-state index < -0.39 is 0 Å². The molecule has 0 fully saturated rings. The Balaban J connectivity index is 2.01. The minimum atomic E-state index is -0.222. The summed E-state index contributed by atoms with van der Waals surface area (Å²) in [5.41, 5.74) is 1.62. The number of amides is 2. The predicted octanol–water partition coefficient (Wildman–Crippen LogP) is 4.13. The van der Waals surface area contributed by atoms with Gasteiger partial charge in [0.25, 0.3) is 0 Å². The Morgan fingerprint density at radius 1 is 1.21 bits per heavy atom. The molecule has 2 N–H and O–H groups in total. The fourth-order valence-corrected chi connectivity index (χ4v) is 1.85. The van der Waals surface area contributed by atoms with E-state index in [2.05, 4.69) is 41.4 Å². The lowest BCUT2D eigenvalue weighted by Gasteiger charge is -2.28. The van der Waals surface area contributed by atoms with Crippen molar-refractivity contribution in [2.75, 3.05) is 5.32 Å². The predicted molar refractivity (Wildman–Crippen MR) is 94.4 cm³/mol. The van der Waals surface area contributed by atoms with Gasteiger partial charge in [-0.15, -0.1) is 0 Å². The number of rotatable bonds is 4. The van der Waals surface area contributed by atoms with Gasteiger partial charge in [-0.1, -0.05) is 20.8 Å². The lowest BCUT2D eigenvalue weighted by Crippen LogP contribution is -2.43. The molecule has 0 saturated carbocycles. The second-order valence-electron chi connectivity index (χ2n) is 6.80. The number of ether oxygens (including phenoxy) is 1. The standard InChI is InChI=1S/C18H24N4O2/c1-12-11-14(24-17-19-9-6-10-20-17)7-8-15(12)22-16(23)21-13(2)18(3,4)5/h6-11,13H,1-5H3,(H2,21,22,23). The first-order valence-electron chi connectivity index (χ1n) is 7.89. The summed E-state index contributed by atoms with van der Waals surface area (Å²) in [6, 6.07) is 7.24. The largest absolute Gasteiger partial charge is 0.424 e. The van der Waals surface area contributed by atoms with E-state index in [1.165, 1.54) is 0 Å². The number of carbonyl (C=O) groups excluding carboxylic acids is 1. The molecule has 1 aromatic carbocycles. The van der Waals surface area contributed by atoms with E-state index in [-0.39, 0.29) is 23.5 Å². The van der Waals surface area contributed by atoms with Crippen LogP contribution in [-0.4, -0.2) is 22.0 Å². The highest BCUT2D eigenvalue weighted by atomic mass is 16.5. The van der Waals surface area contributed by atoms with Crippen LogP contribution in [-0.2, 0) is 0 Å². The van der Waals surface area contributed by atoms with Gasteiger partial charge < -0.3 is 15.4 Å². The van der Waals surface area contributed by atoms with Crippen molar-refractivity contribution in [1.82, 2.24) is 15.3 Å². The summed E-state index contributed by atoms with van der Waals surface area (Å²) in [6.07, 6.45) is 3.23. The van der Waals surface area contributed by atoms with Gasteiger partial charge in [-0.05, 0) is 49.1 Å². The quantitative estimate of drug-likeness (QED) is 0.884. The van der Waals surface area contributed by atoms with E-state index in [4.69, 9.17) is 4.74 Å². The molecule has 0 aliphatic carbocycles. The van der Waals surface area contributed by atoms with Gasteiger partial charge in [0, 0.05) is 24.1 Å². The lowest BCUT2D eigenvalue weighted by molar-refractivity contribution is 0.233. The second kappa shape index (κ2) is 7.29. The Morgan fingerprint density at radius 2 is 1.88 bits per heavy atom. The minimum Gasteiger partial charge on any atom is -0.424 e. The summed E-state index contributed by atoms with van der Waals surface area (Å²) in [7, 11) is 0. The molecular formula is C18H24N4O2. The van der Waals surface area contributed by atoms with E-state index in [0.717, 1.165) is 11.3 Å². The molecule has 24 heavy (non-hydrogen) atoms. The van der Waals surface area contributed by atoms with Crippen LogP contribution in [0.3, 0.4) is 0 Å². The van der Waals surface area contributed by atoms with Gasteiger partial charge in [0.15, 0.2) is 0 Å². The van der Waals surface area contributed by atoms with Crippen LogP contribution in [0.5, 0.6) is 11.8 Å². The van der Waals surface area contributed by atoms with Gasteiger partial charge in [0.1, 0.15) is 5.75 Å². The first-order chi connectivity index (χ1) is 11.3. The van der Waals surface area contributed by atoms with Crippen LogP contribution >= 0.6 is 0 Å². The lowest BCUT2D eigenvalue weighted by atomic mass is 9.88. The van der Waals surface area contributed by atoms with Gasteiger partial charge in [-0.2, -0.15) is 0 Å². The Hall–Kier alpha value is -2.63. The van der Waals surface area contributed by atoms with Gasteiger partial charge in [0.05, 0.1) is 0 Å². The Labute approximate surface area is 142 Å². The molecule has 0 aliphatic rings. The van der Waals surface area contributed by atoms with Crippen LogP contribution in [0.1, 0.15) is 33.3 Å². The summed E-state index contributed by atoms with van der Waals surface area (Å²) in [5, 5.41) is 5.82. The third-order valence-corrected chi connectivity index (χ3v) is 3.84. The van der Waals surface area contributed by atoms with Gasteiger partial charge in [-0.25, -0.2) is 14.8 Å². The van der Waals surface area contributed by atoms with E-state index in [0.29, 0.717) is 5.75 Å². The molecule has 0 bridgehead atoms. The van der Waals surface area contributed by atoms with Gasteiger partial charge in [0.2, 0.25) is 0 Å². The highest BCUT2D eigenvalue weighted by molar-refractivity contribution is 5.90. The normalized spacial score (nSPS) is 12.4. The Kier molecular flexibility index (Phi) is 5.39.